The molecule has 0 radical (unpaired) electrons. The Morgan fingerprint density at radius 1 is 1.50 bits per heavy atom. The Labute approximate surface area is 117 Å². The van der Waals surface area contributed by atoms with E-state index in [-0.39, 0.29) is 17.2 Å². The molecular weight excluding hydrogens is 262 g/mol. The van der Waals surface area contributed by atoms with Crippen molar-refractivity contribution in [2.45, 2.75) is 12.0 Å². The van der Waals surface area contributed by atoms with Crippen molar-refractivity contribution >= 4 is 5.91 Å². The van der Waals surface area contributed by atoms with Crippen molar-refractivity contribution in [3.8, 4) is 11.5 Å². The van der Waals surface area contributed by atoms with Crippen molar-refractivity contribution < 1.29 is 24.1 Å². The maximum Gasteiger partial charge on any atom is 0.255 e. The van der Waals surface area contributed by atoms with Gasteiger partial charge in [0.25, 0.3) is 5.91 Å². The Hall–Kier alpha value is -1.79. The fourth-order valence-corrected chi connectivity index (χ4v) is 2.13. The molecule has 0 saturated carbocycles. The first-order valence-corrected chi connectivity index (χ1v) is 6.38. The molecule has 0 aromatic heterocycles. The van der Waals surface area contributed by atoms with E-state index in [4.69, 9.17) is 14.2 Å². The molecule has 0 aliphatic carbocycles. The van der Waals surface area contributed by atoms with Crippen LogP contribution >= 0.6 is 0 Å². The highest BCUT2D eigenvalue weighted by atomic mass is 16.5. The zero-order valence-corrected chi connectivity index (χ0v) is 11.6. The first-order valence-electron chi connectivity index (χ1n) is 6.38. The van der Waals surface area contributed by atoms with Gasteiger partial charge < -0.3 is 24.6 Å². The molecular formula is C14H19NO5. The molecule has 1 aromatic rings. The average molecular weight is 281 g/mol. The Morgan fingerprint density at radius 2 is 2.30 bits per heavy atom. The van der Waals surface area contributed by atoms with E-state index in [1.807, 2.05) is 0 Å². The molecule has 1 saturated heterocycles. The third-order valence-corrected chi connectivity index (χ3v) is 3.52. The Morgan fingerprint density at radius 3 is 2.85 bits per heavy atom. The highest BCUT2D eigenvalue weighted by Gasteiger charge is 2.35. The topological polar surface area (TPSA) is 77.0 Å². The summed E-state index contributed by atoms with van der Waals surface area (Å²) in [5, 5.41) is 12.6. The van der Waals surface area contributed by atoms with E-state index in [9.17, 15) is 9.90 Å². The number of hydrogen-bond donors (Lipinski definition) is 2. The molecule has 110 valence electrons. The molecule has 2 rings (SSSR count). The number of carbonyl (C=O) groups excluding carboxylic acids is 1. The molecule has 1 atom stereocenters. The summed E-state index contributed by atoms with van der Waals surface area (Å²) in [6.45, 7) is 1.42. The zero-order valence-electron chi connectivity index (χ0n) is 11.6. The number of phenols is 1. The van der Waals surface area contributed by atoms with Crippen LogP contribution in [0.1, 0.15) is 16.8 Å². The maximum atomic E-state index is 12.1. The number of phenolic OH excluding ortho intramolecular Hbond substituents is 1. The van der Waals surface area contributed by atoms with E-state index >= 15 is 0 Å². The van der Waals surface area contributed by atoms with E-state index in [2.05, 4.69) is 5.32 Å². The Kier molecular flexibility index (Phi) is 4.46. The molecule has 1 unspecified atom stereocenters. The zero-order chi connectivity index (χ0) is 14.6. The van der Waals surface area contributed by atoms with Crippen LogP contribution in [0.3, 0.4) is 0 Å². The summed E-state index contributed by atoms with van der Waals surface area (Å²) in [7, 11) is 3.10. The summed E-state index contributed by atoms with van der Waals surface area (Å²) in [5.41, 5.74) is -0.270. The van der Waals surface area contributed by atoms with Gasteiger partial charge in [-0.2, -0.15) is 0 Å². The largest absolute Gasteiger partial charge is 0.507 e. The van der Waals surface area contributed by atoms with Crippen LogP contribution < -0.4 is 10.1 Å². The smallest absolute Gasteiger partial charge is 0.255 e. The summed E-state index contributed by atoms with van der Waals surface area (Å²) in [6.07, 6.45) is 0.734. The van der Waals surface area contributed by atoms with Gasteiger partial charge in [0.2, 0.25) is 0 Å². The molecule has 6 heteroatoms. The number of methoxy groups -OCH3 is 2. The van der Waals surface area contributed by atoms with E-state index in [1.165, 1.54) is 19.2 Å². The van der Waals surface area contributed by atoms with Crippen LogP contribution in [0.5, 0.6) is 11.5 Å². The summed E-state index contributed by atoms with van der Waals surface area (Å²) >= 11 is 0. The van der Waals surface area contributed by atoms with E-state index in [0.29, 0.717) is 25.5 Å². The molecule has 1 amide bonds. The van der Waals surface area contributed by atoms with Gasteiger partial charge in [-0.05, 0) is 12.1 Å². The molecule has 2 N–H and O–H groups in total. The highest BCUT2D eigenvalue weighted by Crippen LogP contribution is 2.24. The van der Waals surface area contributed by atoms with Gasteiger partial charge in [-0.1, -0.05) is 0 Å². The van der Waals surface area contributed by atoms with Gasteiger partial charge in [0, 0.05) is 32.7 Å². The lowest BCUT2D eigenvalue weighted by Crippen LogP contribution is -2.45. The SMILES string of the molecule is COc1ccc(C(=O)NCC2(OC)CCOC2)c(O)c1. The predicted octanol–water partition coefficient (Wildman–Crippen LogP) is 0.936. The predicted molar refractivity (Wildman–Crippen MR) is 72.2 cm³/mol. The van der Waals surface area contributed by atoms with E-state index < -0.39 is 5.60 Å². The molecule has 1 aromatic carbocycles. The van der Waals surface area contributed by atoms with Crippen LogP contribution in [0, 0.1) is 0 Å². The fourth-order valence-electron chi connectivity index (χ4n) is 2.13. The third kappa shape index (κ3) is 3.02. The number of benzene rings is 1. The maximum absolute atomic E-state index is 12.1. The number of rotatable bonds is 5. The first-order chi connectivity index (χ1) is 9.60. The number of carbonyl (C=O) groups is 1. The van der Waals surface area contributed by atoms with Crippen molar-refractivity contribution in [1.82, 2.24) is 5.32 Å². The van der Waals surface area contributed by atoms with Gasteiger partial charge in [0.05, 0.1) is 19.3 Å². The number of amides is 1. The van der Waals surface area contributed by atoms with Gasteiger partial charge in [0.1, 0.15) is 17.1 Å². The van der Waals surface area contributed by atoms with Crippen LogP contribution in [-0.4, -0.2) is 50.6 Å². The quantitative estimate of drug-likeness (QED) is 0.840. The molecule has 1 fully saturated rings. The number of ether oxygens (including phenoxy) is 3. The summed E-state index contributed by atoms with van der Waals surface area (Å²) in [4.78, 5) is 12.1. The minimum atomic E-state index is -0.474. The number of aromatic hydroxyl groups is 1. The lowest BCUT2D eigenvalue weighted by atomic mass is 10.0. The van der Waals surface area contributed by atoms with Crippen molar-refractivity contribution in [3.63, 3.8) is 0 Å². The van der Waals surface area contributed by atoms with Gasteiger partial charge in [0.15, 0.2) is 0 Å². The standard InChI is InChI=1S/C14H19NO5/c1-18-10-3-4-11(12(16)7-10)13(17)15-8-14(19-2)5-6-20-9-14/h3-4,7,16H,5-6,8-9H2,1-2H3,(H,15,17). The highest BCUT2D eigenvalue weighted by molar-refractivity contribution is 5.97. The third-order valence-electron chi connectivity index (χ3n) is 3.52. The summed E-state index contributed by atoms with van der Waals surface area (Å²) in [5.74, 6) is 0.0288. The van der Waals surface area contributed by atoms with Crippen LogP contribution in [0.15, 0.2) is 18.2 Å². The van der Waals surface area contributed by atoms with E-state index in [0.717, 1.165) is 6.42 Å². The van der Waals surface area contributed by atoms with Crippen LogP contribution in [-0.2, 0) is 9.47 Å². The Bertz CT molecular complexity index is 482. The van der Waals surface area contributed by atoms with Crippen molar-refractivity contribution in [2.24, 2.45) is 0 Å². The first kappa shape index (κ1) is 14.6. The lowest BCUT2D eigenvalue weighted by molar-refractivity contribution is -0.0148. The second kappa shape index (κ2) is 6.11. The minimum Gasteiger partial charge on any atom is -0.507 e. The lowest BCUT2D eigenvalue weighted by Gasteiger charge is -2.25. The fraction of sp³-hybridized carbons (Fsp3) is 0.500. The van der Waals surface area contributed by atoms with Crippen molar-refractivity contribution in [2.75, 3.05) is 34.0 Å². The van der Waals surface area contributed by atoms with Gasteiger partial charge in [-0.15, -0.1) is 0 Å². The van der Waals surface area contributed by atoms with Gasteiger partial charge in [-0.3, -0.25) is 4.79 Å². The van der Waals surface area contributed by atoms with Crippen molar-refractivity contribution in [1.29, 1.82) is 0 Å². The molecule has 0 bridgehead atoms. The minimum absolute atomic E-state index is 0.115. The van der Waals surface area contributed by atoms with Gasteiger partial charge >= 0.3 is 0 Å². The second-order valence-corrected chi connectivity index (χ2v) is 4.76. The van der Waals surface area contributed by atoms with Gasteiger partial charge in [-0.25, -0.2) is 0 Å². The number of hydrogen-bond acceptors (Lipinski definition) is 5. The Balaban J connectivity index is 2.01. The number of nitrogens with one attached hydrogen (secondary N) is 1. The molecule has 1 aliphatic rings. The monoisotopic (exact) mass is 281 g/mol. The molecule has 0 spiro atoms. The average Bonchev–Trinajstić information content (AvgIpc) is 2.94. The summed E-state index contributed by atoms with van der Waals surface area (Å²) in [6, 6.07) is 4.55. The molecule has 6 nitrogen and oxygen atoms in total. The van der Waals surface area contributed by atoms with Crippen LogP contribution in [0.2, 0.25) is 0 Å². The summed E-state index contributed by atoms with van der Waals surface area (Å²) < 4.78 is 15.7. The second-order valence-electron chi connectivity index (χ2n) is 4.76. The normalized spacial score (nSPS) is 21.7. The molecule has 1 heterocycles. The molecule has 1 aliphatic heterocycles. The van der Waals surface area contributed by atoms with Crippen LogP contribution in [0.4, 0.5) is 0 Å². The van der Waals surface area contributed by atoms with E-state index in [1.54, 1.807) is 13.2 Å². The van der Waals surface area contributed by atoms with Crippen molar-refractivity contribution in [3.05, 3.63) is 23.8 Å². The van der Waals surface area contributed by atoms with Crippen LogP contribution in [0.25, 0.3) is 0 Å². The molecule has 20 heavy (non-hydrogen) atoms.